The molecule has 0 bridgehead atoms. The lowest BCUT2D eigenvalue weighted by molar-refractivity contribution is 0.586. The van der Waals surface area contributed by atoms with E-state index in [2.05, 4.69) is 18.8 Å². The fourth-order valence-corrected chi connectivity index (χ4v) is 2.54. The van der Waals surface area contributed by atoms with E-state index < -0.39 is 0 Å². The van der Waals surface area contributed by atoms with Gasteiger partial charge in [0.2, 0.25) is 0 Å². The van der Waals surface area contributed by atoms with Gasteiger partial charge in [-0.25, -0.2) is 4.98 Å². The third-order valence-electron chi connectivity index (χ3n) is 2.39. The first-order valence-corrected chi connectivity index (χ1v) is 6.12. The Labute approximate surface area is 94.1 Å². The van der Waals surface area contributed by atoms with Crippen molar-refractivity contribution < 1.29 is 0 Å². The number of aryl methyl sites for hydroxylation is 1. The molecule has 2 N–H and O–H groups in total. The van der Waals surface area contributed by atoms with Gasteiger partial charge in [-0.3, -0.25) is 0 Å². The lowest BCUT2D eigenvalue weighted by atomic mass is 10.1. The molecular formula is C12H16N2S. The van der Waals surface area contributed by atoms with Gasteiger partial charge in [-0.2, -0.15) is 0 Å². The van der Waals surface area contributed by atoms with Crippen molar-refractivity contribution in [3.05, 3.63) is 23.2 Å². The zero-order valence-electron chi connectivity index (χ0n) is 9.16. The molecule has 0 aliphatic rings. The summed E-state index contributed by atoms with van der Waals surface area (Å²) in [6, 6.07) is 5.92. The van der Waals surface area contributed by atoms with Gasteiger partial charge in [0, 0.05) is 5.69 Å². The molecule has 80 valence electrons. The van der Waals surface area contributed by atoms with E-state index in [1.165, 1.54) is 16.1 Å². The molecule has 0 radical (unpaired) electrons. The van der Waals surface area contributed by atoms with Crippen molar-refractivity contribution in [2.45, 2.75) is 26.7 Å². The average Bonchev–Trinajstić information content (AvgIpc) is 2.56. The van der Waals surface area contributed by atoms with Crippen LogP contribution in [0.3, 0.4) is 0 Å². The van der Waals surface area contributed by atoms with Crippen molar-refractivity contribution in [1.82, 2.24) is 4.98 Å². The van der Waals surface area contributed by atoms with Crippen molar-refractivity contribution in [2.24, 2.45) is 5.92 Å². The molecule has 0 spiro atoms. The molecule has 0 aliphatic carbocycles. The van der Waals surface area contributed by atoms with Crippen LogP contribution in [0.25, 0.3) is 10.2 Å². The Morgan fingerprint density at radius 1 is 1.40 bits per heavy atom. The van der Waals surface area contributed by atoms with Gasteiger partial charge in [-0.05, 0) is 37.0 Å². The minimum Gasteiger partial charge on any atom is -0.399 e. The number of rotatable bonds is 3. The normalized spacial score (nSPS) is 11.4. The van der Waals surface area contributed by atoms with Crippen LogP contribution in [0.4, 0.5) is 5.69 Å². The Balaban J connectivity index is 2.23. The second kappa shape index (κ2) is 4.19. The topological polar surface area (TPSA) is 38.9 Å². The monoisotopic (exact) mass is 220 g/mol. The summed E-state index contributed by atoms with van der Waals surface area (Å²) in [6.45, 7) is 4.48. The molecule has 15 heavy (non-hydrogen) atoms. The van der Waals surface area contributed by atoms with E-state index in [-0.39, 0.29) is 0 Å². The first-order valence-electron chi connectivity index (χ1n) is 5.30. The van der Waals surface area contributed by atoms with Crippen molar-refractivity contribution in [1.29, 1.82) is 0 Å². The van der Waals surface area contributed by atoms with E-state index in [9.17, 15) is 0 Å². The van der Waals surface area contributed by atoms with E-state index in [1.54, 1.807) is 11.3 Å². The van der Waals surface area contributed by atoms with E-state index >= 15 is 0 Å². The zero-order chi connectivity index (χ0) is 10.8. The van der Waals surface area contributed by atoms with Gasteiger partial charge in [0.05, 0.1) is 15.2 Å². The van der Waals surface area contributed by atoms with Gasteiger partial charge in [-0.1, -0.05) is 13.8 Å². The fraction of sp³-hybridized carbons (Fsp3) is 0.417. The van der Waals surface area contributed by atoms with Crippen molar-refractivity contribution in [3.63, 3.8) is 0 Å². The minimum atomic E-state index is 0.738. The maximum absolute atomic E-state index is 5.73. The van der Waals surface area contributed by atoms with Crippen LogP contribution in [0.1, 0.15) is 25.3 Å². The first kappa shape index (κ1) is 10.4. The molecule has 2 aromatic rings. The molecule has 0 saturated carbocycles. The summed E-state index contributed by atoms with van der Waals surface area (Å²) >= 11 is 1.76. The Bertz CT molecular complexity index is 460. The highest BCUT2D eigenvalue weighted by atomic mass is 32.1. The SMILES string of the molecule is CC(C)CCc1nc2ccc(N)cc2s1. The summed E-state index contributed by atoms with van der Waals surface area (Å²) in [7, 11) is 0. The van der Waals surface area contributed by atoms with Crippen LogP contribution in [0.5, 0.6) is 0 Å². The van der Waals surface area contributed by atoms with E-state index in [1.807, 2.05) is 18.2 Å². The smallest absolute Gasteiger partial charge is 0.0938 e. The van der Waals surface area contributed by atoms with Crippen molar-refractivity contribution in [3.8, 4) is 0 Å². The molecule has 2 nitrogen and oxygen atoms in total. The molecule has 1 aromatic carbocycles. The minimum absolute atomic E-state index is 0.738. The largest absolute Gasteiger partial charge is 0.399 e. The number of hydrogen-bond donors (Lipinski definition) is 1. The Morgan fingerprint density at radius 3 is 2.93 bits per heavy atom. The summed E-state index contributed by atoms with van der Waals surface area (Å²) in [4.78, 5) is 4.59. The molecule has 0 aliphatic heterocycles. The molecular weight excluding hydrogens is 204 g/mol. The number of nitrogen functional groups attached to an aromatic ring is 1. The molecule has 1 heterocycles. The van der Waals surface area contributed by atoms with Crippen molar-refractivity contribution in [2.75, 3.05) is 5.73 Å². The maximum atomic E-state index is 5.73. The van der Waals surface area contributed by atoms with Crippen molar-refractivity contribution >= 4 is 27.2 Å². The summed E-state index contributed by atoms with van der Waals surface area (Å²) in [6.07, 6.45) is 2.28. The summed E-state index contributed by atoms with van der Waals surface area (Å²) < 4.78 is 1.20. The fourth-order valence-electron chi connectivity index (χ4n) is 1.51. The first-order chi connectivity index (χ1) is 7.15. The standard InChI is InChI=1S/C12H16N2S/c1-8(2)3-6-12-14-10-5-4-9(13)7-11(10)15-12/h4-5,7-8H,3,6,13H2,1-2H3. The molecule has 0 saturated heterocycles. The van der Waals surface area contributed by atoms with Crippen LogP contribution < -0.4 is 5.73 Å². The molecule has 0 atom stereocenters. The van der Waals surface area contributed by atoms with Gasteiger partial charge in [-0.15, -0.1) is 11.3 Å². The third-order valence-corrected chi connectivity index (χ3v) is 3.47. The van der Waals surface area contributed by atoms with Crippen LogP contribution in [-0.2, 0) is 6.42 Å². The number of hydrogen-bond acceptors (Lipinski definition) is 3. The second-order valence-corrected chi connectivity index (χ2v) is 5.38. The Hall–Kier alpha value is -1.09. The summed E-state index contributed by atoms with van der Waals surface area (Å²) in [5.41, 5.74) is 7.63. The molecule has 1 aromatic heterocycles. The number of fused-ring (bicyclic) bond motifs is 1. The molecule has 0 fully saturated rings. The third kappa shape index (κ3) is 2.48. The molecule has 0 unspecified atom stereocenters. The van der Waals surface area contributed by atoms with Crippen LogP contribution in [0, 0.1) is 5.92 Å². The predicted octanol–water partition coefficient (Wildman–Crippen LogP) is 3.47. The van der Waals surface area contributed by atoms with E-state index in [0.29, 0.717) is 0 Å². The number of benzene rings is 1. The Kier molecular flexibility index (Phi) is 2.91. The number of nitrogens with zero attached hydrogens (tertiary/aromatic N) is 1. The lowest BCUT2D eigenvalue weighted by Crippen LogP contribution is -1.90. The number of aromatic nitrogens is 1. The number of anilines is 1. The zero-order valence-corrected chi connectivity index (χ0v) is 9.97. The highest BCUT2D eigenvalue weighted by Gasteiger charge is 2.04. The molecule has 0 amide bonds. The van der Waals surface area contributed by atoms with Crippen LogP contribution in [0.2, 0.25) is 0 Å². The Morgan fingerprint density at radius 2 is 2.20 bits per heavy atom. The van der Waals surface area contributed by atoms with Crippen LogP contribution >= 0.6 is 11.3 Å². The number of nitrogens with two attached hydrogens (primary N) is 1. The predicted molar refractivity (Wildman–Crippen MR) is 67.2 cm³/mol. The molecule has 3 heteroatoms. The van der Waals surface area contributed by atoms with Gasteiger partial charge in [0.15, 0.2) is 0 Å². The van der Waals surface area contributed by atoms with Gasteiger partial charge in [0.25, 0.3) is 0 Å². The average molecular weight is 220 g/mol. The van der Waals surface area contributed by atoms with Gasteiger partial charge in [0.1, 0.15) is 0 Å². The summed E-state index contributed by atoms with van der Waals surface area (Å²) in [5, 5.41) is 1.23. The van der Waals surface area contributed by atoms with Crippen LogP contribution in [0.15, 0.2) is 18.2 Å². The maximum Gasteiger partial charge on any atom is 0.0938 e. The highest BCUT2D eigenvalue weighted by molar-refractivity contribution is 7.18. The number of thiazole rings is 1. The lowest BCUT2D eigenvalue weighted by Gasteiger charge is -1.99. The summed E-state index contributed by atoms with van der Waals surface area (Å²) in [5.74, 6) is 0.738. The quantitative estimate of drug-likeness (QED) is 0.804. The second-order valence-electron chi connectivity index (χ2n) is 4.27. The van der Waals surface area contributed by atoms with E-state index in [0.717, 1.165) is 23.5 Å². The van der Waals surface area contributed by atoms with Gasteiger partial charge >= 0.3 is 0 Å². The van der Waals surface area contributed by atoms with Crippen LogP contribution in [-0.4, -0.2) is 4.98 Å². The van der Waals surface area contributed by atoms with E-state index in [4.69, 9.17) is 5.73 Å². The highest BCUT2D eigenvalue weighted by Crippen LogP contribution is 2.25. The van der Waals surface area contributed by atoms with Gasteiger partial charge < -0.3 is 5.73 Å². The molecule has 2 rings (SSSR count).